The van der Waals surface area contributed by atoms with Gasteiger partial charge in [-0.15, -0.1) is 35.3 Å². The molecular weight excluding hydrogens is 511 g/mol. The van der Waals surface area contributed by atoms with Gasteiger partial charge in [-0.1, -0.05) is 36.4 Å². The van der Waals surface area contributed by atoms with Gasteiger partial charge in [0.15, 0.2) is 5.96 Å². The van der Waals surface area contributed by atoms with E-state index in [1.54, 1.807) is 7.05 Å². The lowest BCUT2D eigenvalue weighted by Crippen LogP contribution is -2.39. The van der Waals surface area contributed by atoms with Crippen LogP contribution in [0.15, 0.2) is 59.0 Å². The van der Waals surface area contributed by atoms with Crippen LogP contribution in [0.5, 0.6) is 0 Å². The molecule has 0 fully saturated rings. The molecule has 160 valence electrons. The van der Waals surface area contributed by atoms with E-state index in [-0.39, 0.29) is 29.9 Å². The fourth-order valence-electron chi connectivity index (χ4n) is 2.88. The lowest BCUT2D eigenvalue weighted by molar-refractivity contribution is 0.0957. The van der Waals surface area contributed by atoms with Crippen LogP contribution in [-0.2, 0) is 6.54 Å². The first-order valence-electron chi connectivity index (χ1n) is 9.50. The number of aromatic nitrogens is 2. The molecule has 3 rings (SSSR count). The van der Waals surface area contributed by atoms with Gasteiger partial charge in [-0.2, -0.15) is 0 Å². The van der Waals surface area contributed by atoms with Crippen LogP contribution in [0.3, 0.4) is 0 Å². The van der Waals surface area contributed by atoms with Gasteiger partial charge >= 0.3 is 0 Å². The molecular formula is C21H27IN6OS. The van der Waals surface area contributed by atoms with Crippen molar-refractivity contribution in [2.75, 3.05) is 27.2 Å². The Morgan fingerprint density at radius 3 is 2.63 bits per heavy atom. The zero-order valence-corrected chi connectivity index (χ0v) is 20.2. The largest absolute Gasteiger partial charge is 0.356 e. The molecule has 9 heteroatoms. The number of rotatable bonds is 8. The van der Waals surface area contributed by atoms with E-state index in [0.29, 0.717) is 13.1 Å². The quantitative estimate of drug-likeness (QED) is 0.177. The number of guanidine groups is 1. The molecule has 0 radical (unpaired) electrons. The molecule has 2 heterocycles. The Bertz CT molecular complexity index is 926. The van der Waals surface area contributed by atoms with Crippen LogP contribution in [0, 0.1) is 0 Å². The van der Waals surface area contributed by atoms with E-state index in [1.165, 1.54) is 11.3 Å². The van der Waals surface area contributed by atoms with E-state index in [4.69, 9.17) is 0 Å². The van der Waals surface area contributed by atoms with Gasteiger partial charge in [0.25, 0.3) is 5.91 Å². The van der Waals surface area contributed by atoms with Gasteiger partial charge < -0.3 is 20.5 Å². The number of halogens is 1. The van der Waals surface area contributed by atoms with Crippen molar-refractivity contribution < 1.29 is 4.79 Å². The summed E-state index contributed by atoms with van der Waals surface area (Å²) in [7, 11) is 3.73. The maximum atomic E-state index is 11.9. The molecule has 0 spiro atoms. The van der Waals surface area contributed by atoms with E-state index in [2.05, 4.69) is 37.7 Å². The van der Waals surface area contributed by atoms with Crippen LogP contribution in [-0.4, -0.2) is 53.9 Å². The number of benzene rings is 1. The summed E-state index contributed by atoms with van der Waals surface area (Å²) in [6.07, 6.45) is 2.66. The van der Waals surface area contributed by atoms with E-state index in [0.717, 1.165) is 40.9 Å². The molecule has 0 saturated carbocycles. The number of hydrogen-bond acceptors (Lipinski definition) is 4. The molecule has 2 aromatic heterocycles. The van der Waals surface area contributed by atoms with E-state index >= 15 is 0 Å². The highest BCUT2D eigenvalue weighted by Gasteiger charge is 2.10. The predicted octanol–water partition coefficient (Wildman–Crippen LogP) is 3.58. The standard InChI is InChI=1S/C21H26N6OS.HI/c1-22-21(24-12-7-11-23-20(28)18-10-6-13-29-18)27(2)15-19-25-14-17(26-19)16-8-4-3-5-9-16;/h3-6,8-10,13-14H,7,11-12,15H2,1-2H3,(H,22,24)(H,23,28)(H,25,26);1H. The summed E-state index contributed by atoms with van der Waals surface area (Å²) in [5.74, 6) is 1.64. The smallest absolute Gasteiger partial charge is 0.261 e. The maximum absolute atomic E-state index is 11.9. The van der Waals surface area contributed by atoms with Gasteiger partial charge in [-0.25, -0.2) is 4.98 Å². The monoisotopic (exact) mass is 538 g/mol. The highest BCUT2D eigenvalue weighted by molar-refractivity contribution is 14.0. The van der Waals surface area contributed by atoms with Crippen molar-refractivity contribution in [1.82, 2.24) is 25.5 Å². The summed E-state index contributed by atoms with van der Waals surface area (Å²) in [6, 6.07) is 13.8. The normalized spacial score (nSPS) is 10.9. The van der Waals surface area contributed by atoms with Crippen molar-refractivity contribution in [2.45, 2.75) is 13.0 Å². The van der Waals surface area contributed by atoms with Crippen molar-refractivity contribution in [2.24, 2.45) is 4.99 Å². The van der Waals surface area contributed by atoms with E-state index in [1.807, 2.05) is 53.9 Å². The minimum absolute atomic E-state index is 0. The minimum atomic E-state index is -0.0199. The fourth-order valence-corrected chi connectivity index (χ4v) is 3.52. The number of aromatic amines is 1. The Morgan fingerprint density at radius 1 is 1.17 bits per heavy atom. The SMILES string of the molecule is CN=C(NCCCNC(=O)c1cccs1)N(C)Cc1ncc(-c2ccccc2)[nH]1.I. The van der Waals surface area contributed by atoms with Crippen LogP contribution in [0.25, 0.3) is 11.3 Å². The van der Waals surface area contributed by atoms with Gasteiger partial charge in [-0.05, 0) is 23.4 Å². The molecule has 0 aliphatic heterocycles. The van der Waals surface area contributed by atoms with E-state index in [9.17, 15) is 4.79 Å². The van der Waals surface area contributed by atoms with Gasteiger partial charge in [0.2, 0.25) is 0 Å². The van der Waals surface area contributed by atoms with Crippen molar-refractivity contribution in [3.63, 3.8) is 0 Å². The molecule has 0 unspecified atom stereocenters. The lowest BCUT2D eigenvalue weighted by Gasteiger charge is -2.21. The highest BCUT2D eigenvalue weighted by atomic mass is 127. The summed E-state index contributed by atoms with van der Waals surface area (Å²) in [6.45, 7) is 1.94. The summed E-state index contributed by atoms with van der Waals surface area (Å²) >= 11 is 1.45. The van der Waals surface area contributed by atoms with Crippen molar-refractivity contribution >= 4 is 47.2 Å². The molecule has 1 aromatic carbocycles. The number of H-pyrrole nitrogens is 1. The number of hydrogen-bond donors (Lipinski definition) is 3. The first-order valence-corrected chi connectivity index (χ1v) is 10.4. The summed E-state index contributed by atoms with van der Waals surface area (Å²) < 4.78 is 0. The number of carbonyl (C=O) groups is 1. The highest BCUT2D eigenvalue weighted by Crippen LogP contribution is 2.16. The number of amides is 1. The Hall–Kier alpha value is -2.40. The molecule has 7 nitrogen and oxygen atoms in total. The average molecular weight is 538 g/mol. The maximum Gasteiger partial charge on any atom is 0.261 e. The zero-order valence-electron chi connectivity index (χ0n) is 17.1. The molecule has 0 bridgehead atoms. The first kappa shape index (κ1) is 23.9. The Morgan fingerprint density at radius 2 is 1.93 bits per heavy atom. The predicted molar refractivity (Wildman–Crippen MR) is 134 cm³/mol. The van der Waals surface area contributed by atoms with Crippen LogP contribution < -0.4 is 10.6 Å². The number of thiophene rings is 1. The third kappa shape index (κ3) is 6.84. The molecule has 0 aliphatic rings. The van der Waals surface area contributed by atoms with Crippen LogP contribution in [0.4, 0.5) is 0 Å². The average Bonchev–Trinajstić information content (AvgIpc) is 3.43. The molecule has 3 N–H and O–H groups in total. The number of imidazole rings is 1. The fraction of sp³-hybridized carbons (Fsp3) is 0.286. The second-order valence-electron chi connectivity index (χ2n) is 6.53. The Kier molecular flexibility index (Phi) is 9.81. The van der Waals surface area contributed by atoms with Gasteiger partial charge in [-0.3, -0.25) is 9.79 Å². The molecule has 1 amide bonds. The van der Waals surface area contributed by atoms with Gasteiger partial charge in [0.1, 0.15) is 5.82 Å². The van der Waals surface area contributed by atoms with Gasteiger partial charge in [0.05, 0.1) is 23.3 Å². The topological polar surface area (TPSA) is 85.4 Å². The van der Waals surface area contributed by atoms with Crippen LogP contribution in [0.1, 0.15) is 21.9 Å². The molecule has 0 aliphatic carbocycles. The lowest BCUT2D eigenvalue weighted by atomic mass is 10.2. The second-order valence-corrected chi connectivity index (χ2v) is 7.47. The minimum Gasteiger partial charge on any atom is -0.356 e. The summed E-state index contributed by atoms with van der Waals surface area (Å²) in [5, 5.41) is 8.15. The number of carbonyl (C=O) groups excluding carboxylic acids is 1. The number of nitrogens with zero attached hydrogens (tertiary/aromatic N) is 3. The number of nitrogens with one attached hydrogen (secondary N) is 3. The third-order valence-corrected chi connectivity index (χ3v) is 5.21. The Labute approximate surface area is 198 Å². The van der Waals surface area contributed by atoms with Crippen LogP contribution in [0.2, 0.25) is 0 Å². The molecule has 0 saturated heterocycles. The first-order chi connectivity index (χ1) is 14.2. The zero-order chi connectivity index (χ0) is 20.5. The Balaban J connectivity index is 0.00000320. The van der Waals surface area contributed by atoms with Crippen molar-refractivity contribution in [3.05, 3.63) is 64.7 Å². The molecule has 30 heavy (non-hydrogen) atoms. The molecule has 0 atom stereocenters. The van der Waals surface area contributed by atoms with Crippen LogP contribution >= 0.6 is 35.3 Å². The van der Waals surface area contributed by atoms with Crippen molar-refractivity contribution in [1.29, 1.82) is 0 Å². The second kappa shape index (κ2) is 12.3. The van der Waals surface area contributed by atoms with E-state index < -0.39 is 0 Å². The van der Waals surface area contributed by atoms with Gasteiger partial charge in [0, 0.05) is 27.2 Å². The summed E-state index contributed by atoms with van der Waals surface area (Å²) in [5.41, 5.74) is 2.11. The molecule has 3 aromatic rings. The third-order valence-electron chi connectivity index (χ3n) is 4.34. The van der Waals surface area contributed by atoms with Crippen molar-refractivity contribution in [3.8, 4) is 11.3 Å². The summed E-state index contributed by atoms with van der Waals surface area (Å²) in [4.78, 5) is 26.8. The number of aliphatic imine (C=N–C) groups is 1.